The lowest BCUT2D eigenvalue weighted by Crippen LogP contribution is -2.51. The normalized spacial score (nSPS) is 21.4. The van der Waals surface area contributed by atoms with E-state index in [1.54, 1.807) is 6.07 Å². The first-order valence-electron chi connectivity index (χ1n) is 7.50. The smallest absolute Gasteiger partial charge is 0.269 e. The van der Waals surface area contributed by atoms with Crippen LogP contribution in [0.25, 0.3) is 0 Å². The molecule has 1 fully saturated rings. The van der Waals surface area contributed by atoms with Gasteiger partial charge in [0.05, 0.1) is 0 Å². The number of thiocarbonyl (C=S) groups is 1. The van der Waals surface area contributed by atoms with Gasteiger partial charge in [-0.3, -0.25) is 15.6 Å². The number of nitrogens with one attached hydrogen (secondary N) is 3. The Kier molecular flexibility index (Phi) is 5.56. The van der Waals surface area contributed by atoms with Crippen LogP contribution in [0.5, 0.6) is 0 Å². The Balaban J connectivity index is 1.81. The highest BCUT2D eigenvalue weighted by atomic mass is 32.1. The molecule has 1 aromatic rings. The molecule has 0 aliphatic heterocycles. The number of carbonyl (C=O) groups is 1. The van der Waals surface area contributed by atoms with Gasteiger partial charge >= 0.3 is 0 Å². The van der Waals surface area contributed by atoms with Crippen molar-refractivity contribution < 1.29 is 4.79 Å². The van der Waals surface area contributed by atoms with Crippen LogP contribution in [0.4, 0.5) is 0 Å². The lowest BCUT2D eigenvalue weighted by Gasteiger charge is -2.30. The summed E-state index contributed by atoms with van der Waals surface area (Å²) >= 11 is 5.25. The van der Waals surface area contributed by atoms with Gasteiger partial charge in [0.1, 0.15) is 0 Å². The average Bonchev–Trinajstić information content (AvgIpc) is 2.48. The van der Waals surface area contributed by atoms with Crippen LogP contribution in [0.15, 0.2) is 24.3 Å². The second kappa shape index (κ2) is 7.41. The summed E-state index contributed by atoms with van der Waals surface area (Å²) in [5.74, 6) is 0.444. The first-order valence-corrected chi connectivity index (χ1v) is 7.91. The molecule has 5 heteroatoms. The fraction of sp³-hybridized carbons (Fsp3) is 0.500. The summed E-state index contributed by atoms with van der Waals surface area (Å²) in [7, 11) is 0. The van der Waals surface area contributed by atoms with Crippen molar-refractivity contribution in [1.82, 2.24) is 16.2 Å². The zero-order chi connectivity index (χ0) is 15.2. The minimum Gasteiger partial charge on any atom is -0.358 e. The van der Waals surface area contributed by atoms with Crippen molar-refractivity contribution in [1.29, 1.82) is 0 Å². The largest absolute Gasteiger partial charge is 0.358 e. The summed E-state index contributed by atoms with van der Waals surface area (Å²) in [5.41, 5.74) is 7.04. The van der Waals surface area contributed by atoms with Gasteiger partial charge in [-0.15, -0.1) is 0 Å². The number of hydrazine groups is 1. The van der Waals surface area contributed by atoms with Crippen molar-refractivity contribution in [2.24, 2.45) is 5.92 Å². The Morgan fingerprint density at radius 2 is 1.90 bits per heavy atom. The SMILES string of the molecule is Cc1ccccc1C(=O)NNC(=S)N[C@H]1CCCC[C@@H]1C. The first kappa shape index (κ1) is 15.8. The Morgan fingerprint density at radius 1 is 1.19 bits per heavy atom. The molecule has 1 aliphatic carbocycles. The molecule has 114 valence electrons. The van der Waals surface area contributed by atoms with Gasteiger partial charge in [0, 0.05) is 11.6 Å². The third-order valence-electron chi connectivity index (χ3n) is 4.11. The van der Waals surface area contributed by atoms with Gasteiger partial charge in [-0.05, 0) is 49.5 Å². The average molecular weight is 305 g/mol. The van der Waals surface area contributed by atoms with Crippen LogP contribution in [0.3, 0.4) is 0 Å². The minimum atomic E-state index is -0.172. The molecule has 21 heavy (non-hydrogen) atoms. The molecule has 0 aromatic heterocycles. The molecule has 2 rings (SSSR count). The van der Waals surface area contributed by atoms with Gasteiger partial charge in [-0.1, -0.05) is 38.0 Å². The summed E-state index contributed by atoms with van der Waals surface area (Å²) in [4.78, 5) is 12.1. The summed E-state index contributed by atoms with van der Waals surface area (Å²) in [6.07, 6.45) is 4.90. The van der Waals surface area contributed by atoms with Crippen LogP contribution < -0.4 is 16.2 Å². The van der Waals surface area contributed by atoms with Gasteiger partial charge < -0.3 is 5.32 Å². The molecular weight excluding hydrogens is 282 g/mol. The fourth-order valence-electron chi connectivity index (χ4n) is 2.74. The highest BCUT2D eigenvalue weighted by Crippen LogP contribution is 2.23. The lowest BCUT2D eigenvalue weighted by atomic mass is 9.86. The van der Waals surface area contributed by atoms with E-state index in [1.165, 1.54) is 19.3 Å². The Morgan fingerprint density at radius 3 is 2.62 bits per heavy atom. The third-order valence-corrected chi connectivity index (χ3v) is 4.33. The summed E-state index contributed by atoms with van der Waals surface area (Å²) in [6, 6.07) is 7.87. The molecule has 1 saturated carbocycles. The monoisotopic (exact) mass is 305 g/mol. The van der Waals surface area contributed by atoms with Crippen molar-refractivity contribution >= 4 is 23.2 Å². The second-order valence-electron chi connectivity index (χ2n) is 5.74. The van der Waals surface area contributed by atoms with Crippen molar-refractivity contribution in [3.8, 4) is 0 Å². The molecule has 0 radical (unpaired) electrons. The Hall–Kier alpha value is -1.62. The molecular formula is C16H23N3OS. The third kappa shape index (κ3) is 4.43. The number of aryl methyl sites for hydroxylation is 1. The van der Waals surface area contributed by atoms with E-state index >= 15 is 0 Å². The molecule has 0 heterocycles. The van der Waals surface area contributed by atoms with Crippen molar-refractivity contribution in [3.05, 3.63) is 35.4 Å². The second-order valence-corrected chi connectivity index (χ2v) is 6.14. The van der Waals surface area contributed by atoms with Crippen LogP contribution in [-0.2, 0) is 0 Å². The molecule has 1 aliphatic rings. The van der Waals surface area contributed by atoms with Crippen LogP contribution in [0.1, 0.15) is 48.5 Å². The fourth-order valence-corrected chi connectivity index (χ4v) is 2.95. The molecule has 0 unspecified atom stereocenters. The van der Waals surface area contributed by atoms with Crippen LogP contribution in [0.2, 0.25) is 0 Å². The van der Waals surface area contributed by atoms with E-state index in [9.17, 15) is 4.79 Å². The van der Waals surface area contributed by atoms with E-state index in [1.807, 2.05) is 25.1 Å². The number of hydrogen-bond donors (Lipinski definition) is 3. The highest BCUT2D eigenvalue weighted by molar-refractivity contribution is 7.80. The zero-order valence-corrected chi connectivity index (χ0v) is 13.4. The van der Waals surface area contributed by atoms with E-state index in [0.29, 0.717) is 22.6 Å². The predicted octanol–water partition coefficient (Wildman–Crippen LogP) is 2.68. The van der Waals surface area contributed by atoms with E-state index in [4.69, 9.17) is 12.2 Å². The van der Waals surface area contributed by atoms with Crippen LogP contribution in [-0.4, -0.2) is 17.1 Å². The summed E-state index contributed by atoms with van der Waals surface area (Å²) < 4.78 is 0. The number of hydrogen-bond acceptors (Lipinski definition) is 2. The Labute approximate surface area is 131 Å². The molecule has 0 spiro atoms. The maximum Gasteiger partial charge on any atom is 0.269 e. The molecule has 4 nitrogen and oxygen atoms in total. The van der Waals surface area contributed by atoms with Gasteiger partial charge in [0.15, 0.2) is 5.11 Å². The molecule has 3 N–H and O–H groups in total. The first-order chi connectivity index (χ1) is 10.1. The van der Waals surface area contributed by atoms with E-state index in [-0.39, 0.29) is 5.91 Å². The van der Waals surface area contributed by atoms with Crippen molar-refractivity contribution in [2.45, 2.75) is 45.6 Å². The standard InChI is InChI=1S/C16H23N3OS/c1-11-7-3-5-9-13(11)15(20)18-19-16(21)17-14-10-6-4-8-12(14)2/h3,5,7,9,12,14H,4,6,8,10H2,1-2H3,(H,18,20)(H2,17,19,21)/t12-,14-/m0/s1. The van der Waals surface area contributed by atoms with Crippen molar-refractivity contribution in [2.75, 3.05) is 0 Å². The quantitative estimate of drug-likeness (QED) is 0.581. The van der Waals surface area contributed by atoms with Crippen LogP contribution >= 0.6 is 12.2 Å². The summed E-state index contributed by atoms with van der Waals surface area (Å²) in [5, 5.41) is 3.78. The van der Waals surface area contributed by atoms with Gasteiger partial charge in [-0.2, -0.15) is 0 Å². The minimum absolute atomic E-state index is 0.172. The number of benzene rings is 1. The molecule has 1 aromatic carbocycles. The lowest BCUT2D eigenvalue weighted by molar-refractivity contribution is 0.0942. The molecule has 1 amide bonds. The van der Waals surface area contributed by atoms with E-state index in [2.05, 4.69) is 23.1 Å². The molecule has 0 saturated heterocycles. The summed E-state index contributed by atoms with van der Waals surface area (Å²) in [6.45, 7) is 4.15. The number of amides is 1. The maximum absolute atomic E-state index is 12.1. The predicted molar refractivity (Wildman–Crippen MR) is 88.9 cm³/mol. The molecule has 2 atom stereocenters. The van der Waals surface area contributed by atoms with Crippen LogP contribution in [0, 0.1) is 12.8 Å². The zero-order valence-electron chi connectivity index (χ0n) is 12.6. The van der Waals surface area contributed by atoms with Gasteiger partial charge in [-0.25, -0.2) is 0 Å². The van der Waals surface area contributed by atoms with Gasteiger partial charge in [0.25, 0.3) is 5.91 Å². The Bertz CT molecular complexity index is 518. The van der Waals surface area contributed by atoms with E-state index < -0.39 is 0 Å². The topological polar surface area (TPSA) is 53.2 Å². The van der Waals surface area contributed by atoms with Crippen molar-refractivity contribution in [3.63, 3.8) is 0 Å². The number of rotatable bonds is 2. The highest BCUT2D eigenvalue weighted by Gasteiger charge is 2.21. The van der Waals surface area contributed by atoms with Gasteiger partial charge in [0.2, 0.25) is 0 Å². The number of carbonyl (C=O) groups excluding carboxylic acids is 1. The molecule has 0 bridgehead atoms. The maximum atomic E-state index is 12.1. The van der Waals surface area contributed by atoms with E-state index in [0.717, 1.165) is 12.0 Å².